The van der Waals surface area contributed by atoms with E-state index in [1.54, 1.807) is 6.92 Å². The summed E-state index contributed by atoms with van der Waals surface area (Å²) in [5, 5.41) is 2.43. The molecule has 1 amide bonds. The van der Waals surface area contributed by atoms with E-state index in [0.29, 0.717) is 12.1 Å². The molecular formula is C31H24Cl3F6NO4. The Bertz CT molecular complexity index is 1660. The highest BCUT2D eigenvalue weighted by Crippen LogP contribution is 2.65. The number of alkyl halides is 5. The summed E-state index contributed by atoms with van der Waals surface area (Å²) in [6, 6.07) is 8.01. The van der Waals surface area contributed by atoms with Crippen LogP contribution < -0.4 is 5.32 Å². The number of hydrogen-bond donors (Lipinski definition) is 1. The lowest BCUT2D eigenvalue weighted by molar-refractivity contribution is -0.140. The first-order chi connectivity index (χ1) is 21.0. The van der Waals surface area contributed by atoms with Crippen LogP contribution >= 0.6 is 34.8 Å². The van der Waals surface area contributed by atoms with Crippen LogP contribution in [-0.2, 0) is 33.3 Å². The second-order valence-electron chi connectivity index (χ2n) is 10.4. The van der Waals surface area contributed by atoms with Crippen molar-refractivity contribution < 1.29 is 45.5 Å². The molecule has 45 heavy (non-hydrogen) atoms. The van der Waals surface area contributed by atoms with Gasteiger partial charge in [0.15, 0.2) is 11.6 Å². The number of hydrogen-bond acceptors (Lipinski definition) is 4. The summed E-state index contributed by atoms with van der Waals surface area (Å²) in [5.41, 5.74) is -2.45. The standard InChI is InChI=1S/C31H24Cl3F6NO4/c1-3-45-14(2)24(42)13-19-22(35)8-5-16(28(19)37)11-25(43)18-12-17(6-7-21(18)32)41-29(44)27-26(30(27,33)34)15-4-9-23(36)20(10-15)31(38,39)40/h4-10,12,14,26-27H,3,11,13H2,1-2H3,(H,41,44)/t14-,26-,27+/m0/s1. The summed E-state index contributed by atoms with van der Waals surface area (Å²) in [4.78, 5) is 38.5. The van der Waals surface area contributed by atoms with Gasteiger partial charge in [-0.1, -0.05) is 23.7 Å². The topological polar surface area (TPSA) is 72.5 Å². The van der Waals surface area contributed by atoms with Crippen molar-refractivity contribution >= 4 is 58.0 Å². The Hall–Kier alpha value is -3.12. The van der Waals surface area contributed by atoms with Gasteiger partial charge in [-0.2, -0.15) is 13.2 Å². The van der Waals surface area contributed by atoms with E-state index >= 15 is 4.39 Å². The van der Waals surface area contributed by atoms with Gasteiger partial charge < -0.3 is 10.1 Å². The van der Waals surface area contributed by atoms with E-state index in [1.807, 2.05) is 0 Å². The van der Waals surface area contributed by atoms with Crippen LogP contribution in [0.15, 0.2) is 48.5 Å². The van der Waals surface area contributed by atoms with Crippen molar-refractivity contribution in [3.8, 4) is 0 Å². The van der Waals surface area contributed by atoms with E-state index in [9.17, 15) is 36.3 Å². The van der Waals surface area contributed by atoms with Gasteiger partial charge >= 0.3 is 6.18 Å². The minimum Gasteiger partial charge on any atom is -0.371 e. The van der Waals surface area contributed by atoms with E-state index in [-0.39, 0.29) is 34.0 Å². The second-order valence-corrected chi connectivity index (χ2v) is 12.2. The summed E-state index contributed by atoms with van der Waals surface area (Å²) in [7, 11) is 0. The molecule has 1 N–H and O–H groups in total. The zero-order valence-electron chi connectivity index (χ0n) is 23.5. The van der Waals surface area contributed by atoms with Crippen LogP contribution in [0.4, 0.5) is 32.0 Å². The monoisotopic (exact) mass is 693 g/mol. The van der Waals surface area contributed by atoms with E-state index < -0.39 is 87.3 Å². The highest BCUT2D eigenvalue weighted by molar-refractivity contribution is 6.53. The van der Waals surface area contributed by atoms with Gasteiger partial charge in [-0.3, -0.25) is 14.4 Å². The summed E-state index contributed by atoms with van der Waals surface area (Å²) in [5.74, 6) is -7.94. The average Bonchev–Trinajstić information content (AvgIpc) is 3.54. The molecule has 3 aromatic rings. The predicted octanol–water partition coefficient (Wildman–Crippen LogP) is 8.26. The number of ether oxygens (including phenoxy) is 1. The van der Waals surface area contributed by atoms with Gasteiger partial charge in [-0.25, -0.2) is 13.2 Å². The molecule has 0 spiro atoms. The highest BCUT2D eigenvalue weighted by atomic mass is 35.5. The van der Waals surface area contributed by atoms with Crippen LogP contribution in [0.3, 0.4) is 0 Å². The van der Waals surface area contributed by atoms with Gasteiger partial charge in [0.2, 0.25) is 5.91 Å². The maximum absolute atomic E-state index is 15.2. The van der Waals surface area contributed by atoms with E-state index in [0.717, 1.165) is 18.2 Å². The molecule has 0 radical (unpaired) electrons. The third-order valence-electron chi connectivity index (χ3n) is 7.36. The summed E-state index contributed by atoms with van der Waals surface area (Å²) in [6.07, 6.45) is -7.05. The van der Waals surface area contributed by atoms with E-state index in [2.05, 4.69) is 5.32 Å². The van der Waals surface area contributed by atoms with Crippen molar-refractivity contribution in [2.45, 2.75) is 49.2 Å². The van der Waals surface area contributed by atoms with E-state index in [1.165, 1.54) is 25.1 Å². The van der Waals surface area contributed by atoms with Crippen LogP contribution in [-0.4, -0.2) is 34.5 Å². The van der Waals surface area contributed by atoms with Crippen LogP contribution in [0.25, 0.3) is 0 Å². The molecular weight excluding hydrogens is 671 g/mol. The van der Waals surface area contributed by atoms with Gasteiger partial charge in [0.05, 0.1) is 16.5 Å². The molecule has 1 fully saturated rings. The summed E-state index contributed by atoms with van der Waals surface area (Å²) >= 11 is 18.7. The Labute approximate surface area is 268 Å². The lowest BCUT2D eigenvalue weighted by atomic mass is 9.97. The van der Waals surface area contributed by atoms with Gasteiger partial charge in [0, 0.05) is 42.2 Å². The Morgan fingerprint density at radius 2 is 1.64 bits per heavy atom. The van der Waals surface area contributed by atoms with Crippen molar-refractivity contribution in [2.75, 3.05) is 11.9 Å². The Kier molecular flexibility index (Phi) is 10.3. The first kappa shape index (κ1) is 34.7. The normalized spacial score (nSPS) is 17.9. The first-order valence-corrected chi connectivity index (χ1v) is 14.6. The van der Waals surface area contributed by atoms with Gasteiger partial charge in [0.1, 0.15) is 27.9 Å². The SMILES string of the molecule is CCO[C@@H](C)C(=O)Cc1c(F)ccc(CC(=O)c2cc(NC(=O)[C@H]3[C@H](c4ccc(F)c(C(F)(F)F)c4)C3(Cl)Cl)ccc2Cl)c1F. The van der Waals surface area contributed by atoms with Gasteiger partial charge in [-0.05, 0) is 61.4 Å². The number of ketones is 2. The van der Waals surface area contributed by atoms with Crippen LogP contribution in [0.2, 0.25) is 5.02 Å². The lowest BCUT2D eigenvalue weighted by Crippen LogP contribution is -2.24. The fourth-order valence-electron chi connectivity index (χ4n) is 4.93. The largest absolute Gasteiger partial charge is 0.419 e. The Balaban J connectivity index is 1.51. The quantitative estimate of drug-likeness (QED) is 0.125. The average molecular weight is 695 g/mol. The lowest BCUT2D eigenvalue weighted by Gasteiger charge is -2.13. The van der Waals surface area contributed by atoms with Crippen molar-refractivity contribution in [3.05, 3.63) is 98.8 Å². The molecule has 0 aromatic heterocycles. The molecule has 3 aromatic carbocycles. The smallest absolute Gasteiger partial charge is 0.371 e. The molecule has 4 rings (SSSR count). The van der Waals surface area contributed by atoms with Gasteiger partial charge in [0.25, 0.3) is 0 Å². The van der Waals surface area contributed by atoms with Crippen LogP contribution in [0.1, 0.15) is 52.4 Å². The van der Waals surface area contributed by atoms with Crippen molar-refractivity contribution in [2.24, 2.45) is 5.92 Å². The molecule has 1 saturated carbocycles. The molecule has 1 aliphatic carbocycles. The summed E-state index contributed by atoms with van der Waals surface area (Å²) < 4.78 is 86.4. The fraction of sp³-hybridized carbons (Fsp3) is 0.323. The highest BCUT2D eigenvalue weighted by Gasteiger charge is 2.67. The summed E-state index contributed by atoms with van der Waals surface area (Å²) in [6.45, 7) is 3.35. The molecule has 0 unspecified atom stereocenters. The van der Waals surface area contributed by atoms with E-state index in [4.69, 9.17) is 39.5 Å². The molecule has 5 nitrogen and oxygen atoms in total. The Morgan fingerprint density at radius 3 is 2.29 bits per heavy atom. The number of carbonyl (C=O) groups is 3. The minimum atomic E-state index is -4.99. The molecule has 0 bridgehead atoms. The molecule has 0 saturated heterocycles. The number of carbonyl (C=O) groups excluding carboxylic acids is 3. The first-order valence-electron chi connectivity index (χ1n) is 13.4. The number of halogens is 9. The predicted molar refractivity (Wildman–Crippen MR) is 156 cm³/mol. The number of benzene rings is 3. The van der Waals surface area contributed by atoms with Crippen molar-refractivity contribution in [1.29, 1.82) is 0 Å². The maximum atomic E-state index is 15.2. The zero-order valence-corrected chi connectivity index (χ0v) is 25.8. The molecule has 14 heteroatoms. The second kappa shape index (κ2) is 13.3. The van der Waals surface area contributed by atoms with Crippen molar-refractivity contribution in [1.82, 2.24) is 0 Å². The van der Waals surface area contributed by atoms with Crippen molar-refractivity contribution in [3.63, 3.8) is 0 Å². The maximum Gasteiger partial charge on any atom is 0.419 e. The zero-order chi connectivity index (χ0) is 33.4. The minimum absolute atomic E-state index is 0.0356. The van der Waals surface area contributed by atoms with Gasteiger partial charge in [-0.15, -0.1) is 23.2 Å². The molecule has 0 aliphatic heterocycles. The number of nitrogens with one attached hydrogen (secondary N) is 1. The third-order valence-corrected chi connectivity index (χ3v) is 8.63. The number of anilines is 1. The Morgan fingerprint density at radius 1 is 0.978 bits per heavy atom. The molecule has 0 heterocycles. The number of rotatable bonds is 11. The third kappa shape index (κ3) is 7.48. The molecule has 1 aliphatic rings. The number of amides is 1. The fourth-order valence-corrected chi connectivity index (χ4v) is 5.98. The molecule has 3 atom stereocenters. The van der Waals surface area contributed by atoms with Crippen LogP contribution in [0, 0.1) is 23.4 Å². The number of Topliss-reactive ketones (excluding diaryl/α,β-unsaturated/α-hetero) is 2. The van der Waals surface area contributed by atoms with Crippen LogP contribution in [0.5, 0.6) is 0 Å². The molecule has 240 valence electrons.